The van der Waals surface area contributed by atoms with E-state index >= 15 is 0 Å². The fraction of sp³-hybridized carbons (Fsp3) is 0.778. The third-order valence-electron chi connectivity index (χ3n) is 3.16. The molecule has 3 atom stereocenters. The minimum Gasteiger partial charge on any atom is -0.385 e. The largest absolute Gasteiger partial charge is 0.385 e. The van der Waals surface area contributed by atoms with Gasteiger partial charge in [0.2, 0.25) is 0 Å². The van der Waals surface area contributed by atoms with E-state index in [1.807, 2.05) is 0 Å². The number of hydrogen-bond acceptors (Lipinski definition) is 2. The molecule has 2 fully saturated rings. The summed E-state index contributed by atoms with van der Waals surface area (Å²) < 4.78 is 0. The van der Waals surface area contributed by atoms with E-state index in [-0.39, 0.29) is 0 Å². The van der Waals surface area contributed by atoms with Gasteiger partial charge >= 0.3 is 0 Å². The molecular weight excluding hydrogens is 138 g/mol. The highest BCUT2D eigenvalue weighted by molar-refractivity contribution is 5.06. The third-order valence-corrected chi connectivity index (χ3v) is 3.16. The monoisotopic (exact) mass is 153 g/mol. The van der Waals surface area contributed by atoms with Gasteiger partial charge in [-0.05, 0) is 19.4 Å². The number of piperidine rings is 1. The summed E-state index contributed by atoms with van der Waals surface area (Å²) in [5, 5.41) is 10.0. The van der Waals surface area contributed by atoms with Crippen LogP contribution in [-0.4, -0.2) is 35.2 Å². The highest BCUT2D eigenvalue weighted by atomic mass is 16.3. The molecule has 2 aliphatic rings. The summed E-state index contributed by atoms with van der Waals surface area (Å²) in [6, 6.07) is 0. The van der Waals surface area contributed by atoms with Crippen molar-refractivity contribution in [2.24, 2.45) is 5.92 Å². The van der Waals surface area contributed by atoms with Crippen molar-refractivity contribution < 1.29 is 5.11 Å². The summed E-state index contributed by atoms with van der Waals surface area (Å²) in [6.45, 7) is 6.98. The first-order valence-corrected chi connectivity index (χ1v) is 4.33. The van der Waals surface area contributed by atoms with Gasteiger partial charge in [-0.3, -0.25) is 0 Å². The van der Waals surface area contributed by atoms with Crippen molar-refractivity contribution in [1.82, 2.24) is 4.90 Å². The minimum atomic E-state index is -0.549. The van der Waals surface area contributed by atoms with Gasteiger partial charge < -0.3 is 10.0 Å². The fourth-order valence-corrected chi connectivity index (χ4v) is 2.25. The quantitative estimate of drug-likeness (QED) is 0.558. The molecule has 0 radical (unpaired) electrons. The molecule has 0 aliphatic carbocycles. The second-order valence-electron chi connectivity index (χ2n) is 3.73. The first kappa shape index (κ1) is 7.32. The van der Waals surface area contributed by atoms with Crippen LogP contribution >= 0.6 is 0 Å². The zero-order chi connectivity index (χ0) is 7.90. The van der Waals surface area contributed by atoms with Crippen LogP contribution < -0.4 is 0 Å². The van der Waals surface area contributed by atoms with E-state index in [0.29, 0.717) is 5.92 Å². The van der Waals surface area contributed by atoms with Gasteiger partial charge in [-0.2, -0.15) is 0 Å². The van der Waals surface area contributed by atoms with Crippen LogP contribution in [0.1, 0.15) is 12.8 Å². The van der Waals surface area contributed by atoms with Crippen LogP contribution in [0.2, 0.25) is 0 Å². The molecule has 1 N–H and O–H groups in total. The molecule has 62 valence electrons. The van der Waals surface area contributed by atoms with Gasteiger partial charge in [-0.15, -0.1) is 6.58 Å². The average molecular weight is 153 g/mol. The molecular formula is C9H15NO. The average Bonchev–Trinajstić information content (AvgIpc) is 2.44. The molecule has 2 saturated heterocycles. The lowest BCUT2D eigenvalue weighted by molar-refractivity contribution is -0.00159. The molecule has 2 heterocycles. The van der Waals surface area contributed by atoms with E-state index in [1.54, 1.807) is 6.08 Å². The molecule has 2 heteroatoms. The molecule has 0 aromatic heterocycles. The molecule has 2 rings (SSSR count). The lowest BCUT2D eigenvalue weighted by Crippen LogP contribution is -2.44. The summed E-state index contributed by atoms with van der Waals surface area (Å²) in [7, 11) is 0. The summed E-state index contributed by atoms with van der Waals surface area (Å²) in [4.78, 5) is 2.42. The molecule has 0 aromatic carbocycles. The van der Waals surface area contributed by atoms with Crippen molar-refractivity contribution >= 4 is 0 Å². The lowest BCUT2D eigenvalue weighted by Gasteiger charge is -2.36. The van der Waals surface area contributed by atoms with E-state index in [0.717, 1.165) is 25.9 Å². The highest BCUT2D eigenvalue weighted by Crippen LogP contribution is 2.35. The van der Waals surface area contributed by atoms with Gasteiger partial charge in [-0.25, -0.2) is 0 Å². The van der Waals surface area contributed by atoms with Gasteiger partial charge in [0, 0.05) is 19.0 Å². The van der Waals surface area contributed by atoms with Gasteiger partial charge in [0.25, 0.3) is 0 Å². The van der Waals surface area contributed by atoms with Crippen molar-refractivity contribution in [1.29, 1.82) is 0 Å². The second kappa shape index (κ2) is 2.32. The van der Waals surface area contributed by atoms with Crippen molar-refractivity contribution in [2.45, 2.75) is 18.4 Å². The maximum Gasteiger partial charge on any atom is 0.0877 e. The Morgan fingerprint density at radius 3 is 3.09 bits per heavy atom. The second-order valence-corrected chi connectivity index (χ2v) is 3.73. The predicted molar refractivity (Wildman–Crippen MR) is 44.3 cm³/mol. The number of aliphatic hydroxyl groups is 1. The Bertz CT molecular complexity index is 180. The number of nitrogens with zero attached hydrogens (tertiary/aromatic N) is 1. The Morgan fingerprint density at radius 1 is 1.55 bits per heavy atom. The molecule has 0 spiro atoms. The van der Waals surface area contributed by atoms with Crippen molar-refractivity contribution in [3.8, 4) is 0 Å². The molecule has 0 saturated carbocycles. The third kappa shape index (κ3) is 1.01. The molecule has 0 amide bonds. The van der Waals surface area contributed by atoms with E-state index in [4.69, 9.17) is 0 Å². The first-order chi connectivity index (χ1) is 5.24. The minimum absolute atomic E-state index is 0.453. The molecule has 2 aliphatic heterocycles. The fourth-order valence-electron chi connectivity index (χ4n) is 2.25. The SMILES string of the molecule is C=CC1(O)CCN2CCC1C2. The summed E-state index contributed by atoms with van der Waals surface area (Å²) in [5.41, 5.74) is -0.549. The van der Waals surface area contributed by atoms with Gasteiger partial charge in [-0.1, -0.05) is 6.08 Å². The number of rotatable bonds is 1. The van der Waals surface area contributed by atoms with E-state index in [2.05, 4.69) is 11.5 Å². The predicted octanol–water partition coefficient (Wildman–Crippen LogP) is 0.629. The van der Waals surface area contributed by atoms with Crippen LogP contribution in [-0.2, 0) is 0 Å². The van der Waals surface area contributed by atoms with Gasteiger partial charge in [0.1, 0.15) is 0 Å². The van der Waals surface area contributed by atoms with Crippen molar-refractivity contribution in [2.75, 3.05) is 19.6 Å². The van der Waals surface area contributed by atoms with Crippen molar-refractivity contribution in [3.63, 3.8) is 0 Å². The first-order valence-electron chi connectivity index (χ1n) is 4.33. The highest BCUT2D eigenvalue weighted by Gasteiger charge is 2.42. The van der Waals surface area contributed by atoms with Crippen LogP contribution in [0.3, 0.4) is 0 Å². The Balaban J connectivity index is 2.18. The number of fused-ring (bicyclic) bond motifs is 2. The summed E-state index contributed by atoms with van der Waals surface area (Å²) in [6.07, 6.45) is 3.75. The van der Waals surface area contributed by atoms with Crippen molar-refractivity contribution in [3.05, 3.63) is 12.7 Å². The topological polar surface area (TPSA) is 23.5 Å². The zero-order valence-corrected chi connectivity index (χ0v) is 6.79. The van der Waals surface area contributed by atoms with Crippen LogP contribution in [0.25, 0.3) is 0 Å². The molecule has 11 heavy (non-hydrogen) atoms. The molecule has 2 nitrogen and oxygen atoms in total. The lowest BCUT2D eigenvalue weighted by atomic mass is 9.82. The number of hydrogen-bond donors (Lipinski definition) is 1. The Kier molecular flexibility index (Phi) is 1.55. The standard InChI is InChI=1S/C9H15NO/c1-2-9(11)4-6-10-5-3-8(9)7-10/h2,8,11H,1,3-7H2. The van der Waals surface area contributed by atoms with Crippen LogP contribution in [0, 0.1) is 5.92 Å². The maximum atomic E-state index is 10.0. The zero-order valence-electron chi connectivity index (χ0n) is 6.79. The van der Waals surface area contributed by atoms with E-state index < -0.39 is 5.60 Å². The Morgan fingerprint density at radius 2 is 2.36 bits per heavy atom. The smallest absolute Gasteiger partial charge is 0.0877 e. The van der Waals surface area contributed by atoms with Gasteiger partial charge in [0.05, 0.1) is 5.60 Å². The summed E-state index contributed by atoms with van der Waals surface area (Å²) >= 11 is 0. The van der Waals surface area contributed by atoms with Crippen LogP contribution in [0.4, 0.5) is 0 Å². The summed E-state index contributed by atoms with van der Waals surface area (Å²) in [5.74, 6) is 0.453. The Hall–Kier alpha value is -0.340. The molecule has 0 aromatic rings. The molecule has 3 unspecified atom stereocenters. The van der Waals surface area contributed by atoms with Crippen LogP contribution in [0.5, 0.6) is 0 Å². The molecule has 2 bridgehead atoms. The van der Waals surface area contributed by atoms with Crippen LogP contribution in [0.15, 0.2) is 12.7 Å². The van der Waals surface area contributed by atoms with E-state index in [1.165, 1.54) is 6.54 Å². The van der Waals surface area contributed by atoms with E-state index in [9.17, 15) is 5.11 Å². The maximum absolute atomic E-state index is 10.0. The van der Waals surface area contributed by atoms with Gasteiger partial charge in [0.15, 0.2) is 0 Å². The Labute approximate surface area is 67.5 Å². The normalized spacial score (nSPS) is 49.2.